The van der Waals surface area contributed by atoms with Gasteiger partial charge in [0.15, 0.2) is 17.3 Å². The summed E-state index contributed by atoms with van der Waals surface area (Å²) in [6, 6.07) is 1.44. The molecule has 0 bridgehead atoms. The molecular weight excluding hydrogens is 296 g/mol. The molecule has 112 valence electrons. The Morgan fingerprint density at radius 2 is 2.00 bits per heavy atom. The minimum absolute atomic E-state index is 0.191. The zero-order valence-electron chi connectivity index (χ0n) is 10.5. The van der Waals surface area contributed by atoms with Crippen LogP contribution in [0.4, 0.5) is 20.2 Å². The van der Waals surface area contributed by atoms with Crippen molar-refractivity contribution in [1.29, 1.82) is 0 Å². The normalized spacial score (nSPS) is 11.3. The molecule has 1 rings (SSSR count). The molecule has 0 atom stereocenters. The SMILES string of the molecule is CCNS(=O)(=O)CCNc1c([N+](=O)[O-])ccc(F)c1F. The van der Waals surface area contributed by atoms with Gasteiger partial charge in [0, 0.05) is 19.2 Å². The Hall–Kier alpha value is -1.81. The molecule has 0 radical (unpaired) electrons. The van der Waals surface area contributed by atoms with Crippen LogP contribution in [0, 0.1) is 21.7 Å². The molecular formula is C10H13F2N3O4S. The van der Waals surface area contributed by atoms with Gasteiger partial charge in [0.2, 0.25) is 10.0 Å². The van der Waals surface area contributed by atoms with Crippen molar-refractivity contribution in [3.05, 3.63) is 33.9 Å². The average molecular weight is 309 g/mol. The first-order chi connectivity index (χ1) is 9.28. The Labute approximate surface area is 114 Å². The summed E-state index contributed by atoms with van der Waals surface area (Å²) in [5.41, 5.74) is -1.33. The van der Waals surface area contributed by atoms with Gasteiger partial charge in [0.05, 0.1) is 10.7 Å². The fourth-order valence-corrected chi connectivity index (χ4v) is 2.42. The van der Waals surface area contributed by atoms with E-state index in [4.69, 9.17) is 0 Å². The van der Waals surface area contributed by atoms with E-state index in [2.05, 4.69) is 10.0 Å². The number of sulfonamides is 1. The van der Waals surface area contributed by atoms with E-state index in [1.165, 1.54) is 0 Å². The van der Waals surface area contributed by atoms with E-state index < -0.39 is 43.7 Å². The molecule has 0 aromatic heterocycles. The molecule has 0 heterocycles. The molecule has 1 aromatic carbocycles. The maximum atomic E-state index is 13.5. The van der Waals surface area contributed by atoms with Crippen molar-refractivity contribution in [2.24, 2.45) is 0 Å². The van der Waals surface area contributed by atoms with Crippen molar-refractivity contribution in [2.45, 2.75) is 6.92 Å². The molecule has 0 fully saturated rings. The number of benzene rings is 1. The quantitative estimate of drug-likeness (QED) is 0.582. The van der Waals surface area contributed by atoms with Crippen LogP contribution in [0.25, 0.3) is 0 Å². The van der Waals surface area contributed by atoms with Crippen LogP contribution in [0.15, 0.2) is 12.1 Å². The summed E-state index contributed by atoms with van der Waals surface area (Å²) in [6.45, 7) is 1.48. The van der Waals surface area contributed by atoms with Gasteiger partial charge < -0.3 is 5.32 Å². The fraction of sp³-hybridized carbons (Fsp3) is 0.400. The van der Waals surface area contributed by atoms with E-state index in [0.29, 0.717) is 6.07 Å². The van der Waals surface area contributed by atoms with Crippen molar-refractivity contribution < 1.29 is 22.1 Å². The Morgan fingerprint density at radius 1 is 1.35 bits per heavy atom. The van der Waals surface area contributed by atoms with Crippen molar-refractivity contribution >= 4 is 21.4 Å². The van der Waals surface area contributed by atoms with Gasteiger partial charge in [-0.3, -0.25) is 10.1 Å². The second-order valence-electron chi connectivity index (χ2n) is 3.76. The summed E-state index contributed by atoms with van der Waals surface area (Å²) >= 11 is 0. The molecule has 20 heavy (non-hydrogen) atoms. The van der Waals surface area contributed by atoms with Crippen molar-refractivity contribution in [3.63, 3.8) is 0 Å². The summed E-state index contributed by atoms with van der Waals surface area (Å²) in [5.74, 6) is -3.10. The Bertz CT molecular complexity index is 607. The highest BCUT2D eigenvalue weighted by Gasteiger charge is 2.21. The summed E-state index contributed by atoms with van der Waals surface area (Å²) in [5, 5.41) is 12.9. The number of anilines is 1. The van der Waals surface area contributed by atoms with Crippen molar-refractivity contribution in [3.8, 4) is 0 Å². The van der Waals surface area contributed by atoms with E-state index >= 15 is 0 Å². The molecule has 0 spiro atoms. The Kier molecular flexibility index (Phi) is 5.34. The first kappa shape index (κ1) is 16.2. The van der Waals surface area contributed by atoms with E-state index in [0.717, 1.165) is 6.07 Å². The molecule has 0 aliphatic heterocycles. The summed E-state index contributed by atoms with van der Waals surface area (Å²) in [4.78, 5) is 9.81. The lowest BCUT2D eigenvalue weighted by Crippen LogP contribution is -2.29. The second-order valence-corrected chi connectivity index (χ2v) is 5.68. The number of halogens is 2. The third kappa shape index (κ3) is 4.10. The third-order valence-electron chi connectivity index (χ3n) is 2.31. The van der Waals surface area contributed by atoms with E-state index in [9.17, 15) is 27.3 Å². The molecule has 10 heteroatoms. The smallest absolute Gasteiger partial charge is 0.295 e. The Morgan fingerprint density at radius 3 is 2.55 bits per heavy atom. The molecule has 7 nitrogen and oxygen atoms in total. The lowest BCUT2D eigenvalue weighted by atomic mass is 10.2. The van der Waals surface area contributed by atoms with Crippen LogP contribution in [-0.4, -0.2) is 32.2 Å². The highest BCUT2D eigenvalue weighted by atomic mass is 32.2. The van der Waals surface area contributed by atoms with Gasteiger partial charge in [-0.1, -0.05) is 6.92 Å². The first-order valence-corrected chi connectivity index (χ1v) is 7.27. The third-order valence-corrected chi connectivity index (χ3v) is 3.78. The number of rotatable bonds is 7. The number of hydrogen-bond acceptors (Lipinski definition) is 5. The highest BCUT2D eigenvalue weighted by molar-refractivity contribution is 7.89. The van der Waals surface area contributed by atoms with E-state index in [-0.39, 0.29) is 13.1 Å². The summed E-state index contributed by atoms with van der Waals surface area (Å²) in [7, 11) is -3.56. The van der Waals surface area contributed by atoms with Crippen molar-refractivity contribution in [2.75, 3.05) is 24.2 Å². The van der Waals surface area contributed by atoms with Gasteiger partial charge in [-0.15, -0.1) is 0 Å². The van der Waals surface area contributed by atoms with Gasteiger partial charge in [0.1, 0.15) is 0 Å². The van der Waals surface area contributed by atoms with Gasteiger partial charge in [-0.05, 0) is 6.07 Å². The zero-order valence-corrected chi connectivity index (χ0v) is 11.3. The predicted octanol–water partition coefficient (Wildman–Crippen LogP) is 1.22. The average Bonchev–Trinajstić information content (AvgIpc) is 2.34. The molecule has 0 amide bonds. The molecule has 0 aliphatic carbocycles. The van der Waals surface area contributed by atoms with Gasteiger partial charge in [-0.2, -0.15) is 0 Å². The highest BCUT2D eigenvalue weighted by Crippen LogP contribution is 2.28. The fourth-order valence-electron chi connectivity index (χ4n) is 1.46. The maximum absolute atomic E-state index is 13.5. The molecule has 0 saturated heterocycles. The molecule has 0 saturated carbocycles. The minimum Gasteiger partial charge on any atom is -0.376 e. The second kappa shape index (κ2) is 6.57. The number of nitrogens with one attached hydrogen (secondary N) is 2. The number of nitro benzene ring substituents is 1. The van der Waals surface area contributed by atoms with Crippen LogP contribution in [0.2, 0.25) is 0 Å². The number of hydrogen-bond donors (Lipinski definition) is 2. The molecule has 0 aliphatic rings. The first-order valence-electron chi connectivity index (χ1n) is 5.62. The predicted molar refractivity (Wildman–Crippen MR) is 69.0 cm³/mol. The van der Waals surface area contributed by atoms with Crippen LogP contribution < -0.4 is 10.0 Å². The van der Waals surface area contributed by atoms with Crippen LogP contribution in [0.5, 0.6) is 0 Å². The molecule has 1 aromatic rings. The number of nitro groups is 1. The van der Waals surface area contributed by atoms with E-state index in [1.807, 2.05) is 0 Å². The zero-order chi connectivity index (χ0) is 15.3. The topological polar surface area (TPSA) is 101 Å². The van der Waals surface area contributed by atoms with E-state index in [1.54, 1.807) is 6.92 Å². The van der Waals surface area contributed by atoms with Gasteiger partial charge in [-0.25, -0.2) is 21.9 Å². The lowest BCUT2D eigenvalue weighted by molar-refractivity contribution is -0.384. The summed E-state index contributed by atoms with van der Waals surface area (Å²) < 4.78 is 51.4. The van der Waals surface area contributed by atoms with Crippen LogP contribution >= 0.6 is 0 Å². The van der Waals surface area contributed by atoms with Gasteiger partial charge in [0.25, 0.3) is 5.69 Å². The lowest BCUT2D eigenvalue weighted by Gasteiger charge is -2.09. The largest absolute Gasteiger partial charge is 0.376 e. The summed E-state index contributed by atoms with van der Waals surface area (Å²) in [6.07, 6.45) is 0. The number of nitrogens with zero attached hydrogens (tertiary/aromatic N) is 1. The van der Waals surface area contributed by atoms with Crippen LogP contribution in [-0.2, 0) is 10.0 Å². The molecule has 2 N–H and O–H groups in total. The molecule has 0 unspecified atom stereocenters. The monoisotopic (exact) mass is 309 g/mol. The maximum Gasteiger partial charge on any atom is 0.295 e. The Balaban J connectivity index is 2.87. The van der Waals surface area contributed by atoms with Crippen molar-refractivity contribution in [1.82, 2.24) is 4.72 Å². The van der Waals surface area contributed by atoms with Crippen LogP contribution in [0.1, 0.15) is 6.92 Å². The standard InChI is InChI=1S/C10H13F2N3O4S/c1-2-14-20(18,19)6-5-13-10-8(15(16)17)4-3-7(11)9(10)12/h3-4,13-14H,2,5-6H2,1H3. The van der Waals surface area contributed by atoms with Crippen LogP contribution in [0.3, 0.4) is 0 Å². The minimum atomic E-state index is -3.56. The van der Waals surface area contributed by atoms with Gasteiger partial charge >= 0.3 is 0 Å².